The fourth-order valence-electron chi connectivity index (χ4n) is 3.16. The molecule has 2 atom stereocenters. The Balaban J connectivity index is 1.89. The van der Waals surface area contributed by atoms with Crippen LogP contribution in [0.1, 0.15) is 18.4 Å². The van der Waals surface area contributed by atoms with Gasteiger partial charge in [0.15, 0.2) is 0 Å². The normalized spacial score (nSPS) is 27.5. The number of piperidine rings is 1. The molecule has 2 aliphatic heterocycles. The minimum Gasteiger partial charge on any atom is -0.312 e. The Morgan fingerprint density at radius 2 is 2.15 bits per heavy atom. The Kier molecular flexibility index (Phi) is 3.92. The van der Waals surface area contributed by atoms with Crippen molar-refractivity contribution in [1.29, 1.82) is 0 Å². The summed E-state index contributed by atoms with van der Waals surface area (Å²) in [7, 11) is -3.40. The second kappa shape index (κ2) is 5.40. The number of rotatable bonds is 2. The maximum atomic E-state index is 12.8. The molecule has 0 spiro atoms. The molecule has 2 heterocycles. The van der Waals surface area contributed by atoms with E-state index in [2.05, 4.69) is 21.2 Å². The molecule has 1 N–H and O–H groups in total. The summed E-state index contributed by atoms with van der Waals surface area (Å²) in [4.78, 5) is 0.377. The summed E-state index contributed by atoms with van der Waals surface area (Å²) in [6.07, 6.45) is 2.27. The molecule has 0 unspecified atom stereocenters. The molecule has 110 valence electrons. The van der Waals surface area contributed by atoms with E-state index in [1.165, 1.54) is 0 Å². The molecule has 4 nitrogen and oxygen atoms in total. The predicted octanol–water partition coefficient (Wildman–Crippen LogP) is 2.13. The van der Waals surface area contributed by atoms with E-state index in [4.69, 9.17) is 0 Å². The zero-order valence-corrected chi connectivity index (χ0v) is 13.9. The Bertz CT molecular complexity index is 604. The van der Waals surface area contributed by atoms with E-state index in [0.717, 1.165) is 24.9 Å². The molecule has 2 saturated heterocycles. The Hall–Kier alpha value is -0.430. The smallest absolute Gasteiger partial charge is 0.244 e. The monoisotopic (exact) mass is 358 g/mol. The number of hydrogen-bond donors (Lipinski definition) is 1. The van der Waals surface area contributed by atoms with Gasteiger partial charge in [0.05, 0.1) is 4.90 Å². The minimum atomic E-state index is -3.40. The lowest BCUT2D eigenvalue weighted by Gasteiger charge is -2.24. The summed E-state index contributed by atoms with van der Waals surface area (Å²) in [5.74, 6) is 0.461. The van der Waals surface area contributed by atoms with Crippen LogP contribution in [0.25, 0.3) is 0 Å². The van der Waals surface area contributed by atoms with E-state index in [1.54, 1.807) is 10.4 Å². The molecule has 0 radical (unpaired) electrons. The zero-order valence-electron chi connectivity index (χ0n) is 11.5. The second-order valence-electron chi connectivity index (χ2n) is 5.72. The SMILES string of the molecule is Cc1ccc(S(=O)(=O)N2C[C@@H]3CCCN[C@@H]3C2)c(Br)c1. The highest BCUT2D eigenvalue weighted by atomic mass is 79.9. The molecule has 3 rings (SSSR count). The number of halogens is 1. The van der Waals surface area contributed by atoms with Crippen LogP contribution >= 0.6 is 15.9 Å². The van der Waals surface area contributed by atoms with Crippen molar-refractivity contribution in [3.05, 3.63) is 28.2 Å². The molecule has 0 amide bonds. The van der Waals surface area contributed by atoms with Gasteiger partial charge in [0.1, 0.15) is 0 Å². The van der Waals surface area contributed by atoms with E-state index < -0.39 is 10.0 Å². The lowest BCUT2D eigenvalue weighted by atomic mass is 9.94. The van der Waals surface area contributed by atoms with Crippen molar-refractivity contribution in [3.63, 3.8) is 0 Å². The number of sulfonamides is 1. The number of aryl methyl sites for hydroxylation is 1. The van der Waals surface area contributed by atoms with Crippen molar-refractivity contribution in [2.24, 2.45) is 5.92 Å². The maximum absolute atomic E-state index is 12.8. The summed E-state index contributed by atoms with van der Waals surface area (Å²) in [6.45, 7) is 4.19. The highest BCUT2D eigenvalue weighted by Gasteiger charge is 2.40. The van der Waals surface area contributed by atoms with E-state index in [1.807, 2.05) is 19.1 Å². The van der Waals surface area contributed by atoms with Gasteiger partial charge in [-0.1, -0.05) is 6.07 Å². The highest BCUT2D eigenvalue weighted by molar-refractivity contribution is 9.10. The molecular weight excluding hydrogens is 340 g/mol. The third-order valence-corrected chi connectivity index (χ3v) is 7.08. The predicted molar refractivity (Wildman–Crippen MR) is 82.2 cm³/mol. The fourth-order valence-corrected chi connectivity index (χ4v) is 5.83. The molecule has 20 heavy (non-hydrogen) atoms. The van der Waals surface area contributed by atoms with Crippen LogP contribution in [0.5, 0.6) is 0 Å². The molecule has 0 saturated carbocycles. The molecule has 6 heteroatoms. The van der Waals surface area contributed by atoms with Crippen LogP contribution in [0.4, 0.5) is 0 Å². The van der Waals surface area contributed by atoms with Crippen LogP contribution in [-0.2, 0) is 10.0 Å². The first kappa shape index (κ1) is 14.5. The number of nitrogens with one attached hydrogen (secondary N) is 1. The van der Waals surface area contributed by atoms with E-state index in [9.17, 15) is 8.42 Å². The van der Waals surface area contributed by atoms with Gasteiger partial charge >= 0.3 is 0 Å². The molecule has 0 aliphatic carbocycles. The molecule has 1 aromatic rings. The largest absolute Gasteiger partial charge is 0.312 e. The van der Waals surface area contributed by atoms with Gasteiger partial charge in [-0.05, 0) is 65.9 Å². The van der Waals surface area contributed by atoms with Crippen molar-refractivity contribution in [2.75, 3.05) is 19.6 Å². The van der Waals surface area contributed by atoms with Crippen LogP contribution < -0.4 is 5.32 Å². The molecule has 0 bridgehead atoms. The zero-order chi connectivity index (χ0) is 14.3. The number of benzene rings is 1. The van der Waals surface area contributed by atoms with E-state index in [0.29, 0.717) is 34.4 Å². The average molecular weight is 359 g/mol. The molecule has 1 aromatic carbocycles. The van der Waals surface area contributed by atoms with Gasteiger partial charge in [0.25, 0.3) is 0 Å². The number of fused-ring (bicyclic) bond motifs is 1. The van der Waals surface area contributed by atoms with Crippen molar-refractivity contribution in [2.45, 2.75) is 30.7 Å². The first-order valence-corrected chi connectivity index (χ1v) is 9.21. The summed E-state index contributed by atoms with van der Waals surface area (Å²) in [6, 6.07) is 5.72. The van der Waals surface area contributed by atoms with Crippen LogP contribution in [0.3, 0.4) is 0 Å². The van der Waals surface area contributed by atoms with Gasteiger partial charge in [-0.15, -0.1) is 0 Å². The topological polar surface area (TPSA) is 49.4 Å². The van der Waals surface area contributed by atoms with Crippen molar-refractivity contribution in [1.82, 2.24) is 9.62 Å². The highest BCUT2D eigenvalue weighted by Crippen LogP contribution is 2.32. The Morgan fingerprint density at radius 1 is 1.35 bits per heavy atom. The van der Waals surface area contributed by atoms with Crippen LogP contribution in [0, 0.1) is 12.8 Å². The summed E-state index contributed by atoms with van der Waals surface area (Å²) in [5.41, 5.74) is 1.05. The third-order valence-electron chi connectivity index (χ3n) is 4.27. The minimum absolute atomic E-state index is 0.322. The first-order chi connectivity index (χ1) is 9.48. The third kappa shape index (κ3) is 2.54. The summed E-state index contributed by atoms with van der Waals surface area (Å²) >= 11 is 3.39. The van der Waals surface area contributed by atoms with E-state index in [-0.39, 0.29) is 0 Å². The quantitative estimate of drug-likeness (QED) is 0.880. The van der Waals surface area contributed by atoms with Gasteiger partial charge in [-0.25, -0.2) is 8.42 Å². The van der Waals surface area contributed by atoms with Crippen LogP contribution in [0.2, 0.25) is 0 Å². The van der Waals surface area contributed by atoms with Gasteiger partial charge in [0.2, 0.25) is 10.0 Å². The molecular formula is C14H19BrN2O2S. The molecule has 2 aliphatic rings. The number of hydrogen-bond acceptors (Lipinski definition) is 3. The van der Waals surface area contributed by atoms with Gasteiger partial charge < -0.3 is 5.32 Å². The van der Waals surface area contributed by atoms with Crippen molar-refractivity contribution in [3.8, 4) is 0 Å². The first-order valence-electron chi connectivity index (χ1n) is 6.98. The lowest BCUT2D eigenvalue weighted by molar-refractivity contribution is 0.339. The Morgan fingerprint density at radius 3 is 2.85 bits per heavy atom. The van der Waals surface area contributed by atoms with Gasteiger partial charge in [0, 0.05) is 23.6 Å². The van der Waals surface area contributed by atoms with Gasteiger partial charge in [-0.3, -0.25) is 0 Å². The van der Waals surface area contributed by atoms with Crippen LogP contribution in [-0.4, -0.2) is 38.4 Å². The van der Waals surface area contributed by atoms with Crippen molar-refractivity contribution < 1.29 is 8.42 Å². The van der Waals surface area contributed by atoms with Gasteiger partial charge in [-0.2, -0.15) is 4.31 Å². The van der Waals surface area contributed by atoms with Crippen LogP contribution in [0.15, 0.2) is 27.6 Å². The molecule has 2 fully saturated rings. The second-order valence-corrected chi connectivity index (χ2v) is 8.48. The fraction of sp³-hybridized carbons (Fsp3) is 0.571. The standard InChI is InChI=1S/C14H19BrN2O2S/c1-10-4-5-14(12(15)7-10)20(18,19)17-8-11-3-2-6-16-13(11)9-17/h4-5,7,11,13,16H,2-3,6,8-9H2,1H3/t11-,13+/m0/s1. The number of nitrogens with zero attached hydrogens (tertiary/aromatic N) is 1. The Labute approximate surface area is 128 Å². The molecule has 0 aromatic heterocycles. The summed E-state index contributed by atoms with van der Waals surface area (Å²) < 4.78 is 27.8. The van der Waals surface area contributed by atoms with Crippen molar-refractivity contribution >= 4 is 26.0 Å². The summed E-state index contributed by atoms with van der Waals surface area (Å²) in [5, 5.41) is 3.44. The average Bonchev–Trinajstić information content (AvgIpc) is 2.82. The maximum Gasteiger partial charge on any atom is 0.244 e. The van der Waals surface area contributed by atoms with E-state index >= 15 is 0 Å². The lowest BCUT2D eigenvalue weighted by Crippen LogP contribution is -2.41.